The Morgan fingerprint density at radius 2 is 1.81 bits per heavy atom. The Bertz CT molecular complexity index is 632. The molecule has 3 aliphatic rings. The van der Waals surface area contributed by atoms with Crippen molar-refractivity contribution in [2.75, 3.05) is 46.9 Å². The number of rotatable bonds is 8. The van der Waals surface area contributed by atoms with Crippen molar-refractivity contribution in [1.29, 1.82) is 0 Å². The number of carbonyl (C=O) groups excluding carboxylic acids is 3. The largest absolute Gasteiger partial charge is 0.383 e. The Hall–Kier alpha value is -2.42. The molecule has 3 amide bonds. The summed E-state index contributed by atoms with van der Waals surface area (Å²) in [4.78, 5) is 42.3. The molecule has 27 heavy (non-hydrogen) atoms. The van der Waals surface area contributed by atoms with Crippen LogP contribution < -0.4 is 16.0 Å². The minimum absolute atomic E-state index is 0.0517. The molecule has 1 aliphatic heterocycles. The molecule has 1 heterocycles. The average Bonchev–Trinajstić information content (AvgIpc) is 3.34. The van der Waals surface area contributed by atoms with Gasteiger partial charge in [-0.05, 0) is 18.3 Å². The number of ether oxygens (including phenoxy) is 1. The summed E-state index contributed by atoms with van der Waals surface area (Å²) in [6.45, 7) is 1.65. The Labute approximate surface area is 158 Å². The molecule has 0 aromatic carbocycles. The normalized spacial score (nSPS) is 28.7. The van der Waals surface area contributed by atoms with Crippen LogP contribution in [0.1, 0.15) is 6.42 Å². The highest BCUT2D eigenvalue weighted by Crippen LogP contribution is 2.52. The highest BCUT2D eigenvalue weighted by Gasteiger charge is 2.58. The smallest absolute Gasteiger partial charge is 0.239 e. The topological polar surface area (TPSA) is 112 Å². The lowest BCUT2D eigenvalue weighted by Crippen LogP contribution is -2.46. The quantitative estimate of drug-likeness (QED) is 0.160. The number of fused-ring (bicyclic) bond motifs is 5. The van der Waals surface area contributed by atoms with Crippen molar-refractivity contribution >= 4 is 23.7 Å². The van der Waals surface area contributed by atoms with Crippen molar-refractivity contribution in [2.45, 2.75) is 6.42 Å². The lowest BCUT2D eigenvalue weighted by Gasteiger charge is -2.18. The van der Waals surface area contributed by atoms with E-state index in [1.54, 1.807) is 14.2 Å². The summed E-state index contributed by atoms with van der Waals surface area (Å²) in [5, 5.41) is 8.63. The number of amides is 3. The van der Waals surface area contributed by atoms with Crippen molar-refractivity contribution in [3.05, 3.63) is 12.2 Å². The van der Waals surface area contributed by atoms with Crippen LogP contribution >= 0.6 is 0 Å². The van der Waals surface area contributed by atoms with Crippen molar-refractivity contribution in [3.8, 4) is 0 Å². The summed E-state index contributed by atoms with van der Waals surface area (Å²) < 4.78 is 4.87. The number of aliphatic imine (C=N–C) groups is 1. The van der Waals surface area contributed by atoms with Gasteiger partial charge in [0.25, 0.3) is 0 Å². The summed E-state index contributed by atoms with van der Waals surface area (Å²) in [7, 11) is 3.17. The van der Waals surface area contributed by atoms with E-state index in [-0.39, 0.29) is 47.9 Å². The van der Waals surface area contributed by atoms with E-state index in [2.05, 4.69) is 33.1 Å². The van der Waals surface area contributed by atoms with E-state index in [4.69, 9.17) is 4.74 Å². The maximum atomic E-state index is 12.6. The first-order valence-electron chi connectivity index (χ1n) is 9.30. The zero-order valence-corrected chi connectivity index (χ0v) is 15.7. The molecule has 0 radical (unpaired) electrons. The van der Waals surface area contributed by atoms with E-state index in [0.29, 0.717) is 32.2 Å². The Balaban J connectivity index is 1.41. The molecule has 0 spiro atoms. The number of imide groups is 1. The predicted molar refractivity (Wildman–Crippen MR) is 98.7 cm³/mol. The van der Waals surface area contributed by atoms with E-state index < -0.39 is 0 Å². The number of hydrogen-bond donors (Lipinski definition) is 3. The summed E-state index contributed by atoms with van der Waals surface area (Å²) in [6.07, 6.45) is 5.10. The predicted octanol–water partition coefficient (Wildman–Crippen LogP) is -1.28. The summed E-state index contributed by atoms with van der Waals surface area (Å²) >= 11 is 0. The zero-order chi connectivity index (χ0) is 19.4. The van der Waals surface area contributed by atoms with Crippen molar-refractivity contribution in [3.63, 3.8) is 0 Å². The molecule has 148 valence electrons. The Morgan fingerprint density at radius 1 is 1.15 bits per heavy atom. The SMILES string of the molecule is CN=C(NCCN1C(=O)C2C3C=CC(C3)C2C1=O)NCC(=O)NCCOC. The van der Waals surface area contributed by atoms with Crippen LogP contribution in [0.25, 0.3) is 0 Å². The first kappa shape index (κ1) is 19.3. The van der Waals surface area contributed by atoms with Gasteiger partial charge in [0.05, 0.1) is 25.0 Å². The van der Waals surface area contributed by atoms with Crippen LogP contribution in [-0.4, -0.2) is 75.5 Å². The molecule has 2 aliphatic carbocycles. The third-order valence-corrected chi connectivity index (χ3v) is 5.46. The number of carbonyl (C=O) groups is 3. The molecule has 0 aromatic rings. The van der Waals surface area contributed by atoms with Gasteiger partial charge in [0.2, 0.25) is 17.7 Å². The second-order valence-electron chi connectivity index (χ2n) is 7.02. The van der Waals surface area contributed by atoms with E-state index in [1.165, 1.54) is 4.90 Å². The summed E-state index contributed by atoms with van der Waals surface area (Å²) in [5.74, 6) is 0.282. The molecule has 4 unspecified atom stereocenters. The second kappa shape index (κ2) is 8.51. The third-order valence-electron chi connectivity index (χ3n) is 5.46. The first-order valence-corrected chi connectivity index (χ1v) is 9.30. The van der Waals surface area contributed by atoms with Crippen LogP contribution in [0.5, 0.6) is 0 Å². The minimum atomic E-state index is -0.171. The fourth-order valence-electron chi connectivity index (χ4n) is 4.21. The van der Waals surface area contributed by atoms with E-state index in [1.807, 2.05) is 0 Å². The molecule has 9 heteroatoms. The maximum absolute atomic E-state index is 12.6. The lowest BCUT2D eigenvalue weighted by atomic mass is 9.85. The fraction of sp³-hybridized carbons (Fsp3) is 0.667. The fourth-order valence-corrected chi connectivity index (χ4v) is 4.21. The molecule has 3 N–H and O–H groups in total. The van der Waals surface area contributed by atoms with Crippen LogP contribution in [0.4, 0.5) is 0 Å². The number of nitrogens with zero attached hydrogens (tertiary/aromatic N) is 2. The molecule has 1 saturated heterocycles. The van der Waals surface area contributed by atoms with Crippen molar-refractivity contribution in [1.82, 2.24) is 20.9 Å². The zero-order valence-electron chi connectivity index (χ0n) is 15.7. The van der Waals surface area contributed by atoms with Gasteiger partial charge in [0.15, 0.2) is 5.96 Å². The molecule has 2 bridgehead atoms. The molecule has 0 aromatic heterocycles. The van der Waals surface area contributed by atoms with Crippen molar-refractivity contribution in [2.24, 2.45) is 28.7 Å². The Kier molecular flexibility index (Phi) is 6.10. The number of hydrogen-bond acceptors (Lipinski definition) is 5. The minimum Gasteiger partial charge on any atom is -0.383 e. The van der Waals surface area contributed by atoms with Gasteiger partial charge in [-0.2, -0.15) is 0 Å². The maximum Gasteiger partial charge on any atom is 0.239 e. The Morgan fingerprint density at radius 3 is 2.41 bits per heavy atom. The highest BCUT2D eigenvalue weighted by molar-refractivity contribution is 6.06. The molecule has 1 saturated carbocycles. The monoisotopic (exact) mass is 377 g/mol. The summed E-state index contributed by atoms with van der Waals surface area (Å²) in [6, 6.07) is 0. The van der Waals surface area contributed by atoms with Gasteiger partial charge in [0, 0.05) is 33.8 Å². The molecular formula is C18H27N5O4. The second-order valence-corrected chi connectivity index (χ2v) is 7.02. The molecule has 2 fully saturated rings. The van der Waals surface area contributed by atoms with Crippen LogP contribution in [0.15, 0.2) is 17.1 Å². The van der Waals surface area contributed by atoms with Gasteiger partial charge in [-0.25, -0.2) is 0 Å². The number of likely N-dealkylation sites (tertiary alicyclic amines) is 1. The standard InChI is InChI=1S/C18H27N5O4/c1-19-18(22-10-13(24)20-6-8-27-2)21-5-7-23-16(25)14-11-3-4-12(9-11)15(14)17(23)26/h3-4,11-12,14-15H,5-10H2,1-2H3,(H,20,24)(H2,19,21,22). The number of methoxy groups -OCH3 is 1. The lowest BCUT2D eigenvalue weighted by molar-refractivity contribution is -0.140. The third kappa shape index (κ3) is 3.97. The van der Waals surface area contributed by atoms with Gasteiger partial charge in [0.1, 0.15) is 0 Å². The molecule has 9 nitrogen and oxygen atoms in total. The van der Waals surface area contributed by atoms with Gasteiger partial charge in [-0.15, -0.1) is 0 Å². The van der Waals surface area contributed by atoms with E-state index in [0.717, 1.165) is 6.42 Å². The number of guanidine groups is 1. The van der Waals surface area contributed by atoms with Gasteiger partial charge in [-0.1, -0.05) is 12.2 Å². The van der Waals surface area contributed by atoms with Gasteiger partial charge < -0.3 is 20.7 Å². The molecule has 4 atom stereocenters. The number of nitrogens with one attached hydrogen (secondary N) is 3. The van der Waals surface area contributed by atoms with Gasteiger partial charge in [-0.3, -0.25) is 24.3 Å². The summed E-state index contributed by atoms with van der Waals surface area (Å²) in [5.41, 5.74) is 0. The van der Waals surface area contributed by atoms with Gasteiger partial charge >= 0.3 is 0 Å². The van der Waals surface area contributed by atoms with Crippen LogP contribution in [0, 0.1) is 23.7 Å². The van der Waals surface area contributed by atoms with Crippen LogP contribution in [0.3, 0.4) is 0 Å². The van der Waals surface area contributed by atoms with E-state index >= 15 is 0 Å². The average molecular weight is 377 g/mol. The molecular weight excluding hydrogens is 350 g/mol. The number of allylic oxidation sites excluding steroid dienone is 2. The van der Waals surface area contributed by atoms with Crippen LogP contribution in [-0.2, 0) is 19.1 Å². The highest BCUT2D eigenvalue weighted by atomic mass is 16.5. The first-order chi connectivity index (χ1) is 13.1. The molecule has 3 rings (SSSR count). The van der Waals surface area contributed by atoms with Crippen molar-refractivity contribution < 1.29 is 19.1 Å². The van der Waals surface area contributed by atoms with Crippen LogP contribution in [0.2, 0.25) is 0 Å². The van der Waals surface area contributed by atoms with E-state index in [9.17, 15) is 14.4 Å².